The van der Waals surface area contributed by atoms with E-state index in [0.717, 1.165) is 12.8 Å². The van der Waals surface area contributed by atoms with Gasteiger partial charge in [0.1, 0.15) is 0 Å². The Kier molecular flexibility index (Phi) is 3.53. The van der Waals surface area contributed by atoms with Crippen LogP contribution in [-0.2, 0) is 9.53 Å². The predicted molar refractivity (Wildman–Crippen MR) is 53.8 cm³/mol. The van der Waals surface area contributed by atoms with Gasteiger partial charge in [0.25, 0.3) is 0 Å². The standard InChI is InChI=1S/C11H20O3/c1-8(2)9-5-4-6-11(13,7-9)10(12)14-3/h8-9,13H,4-7H2,1-3H3. The summed E-state index contributed by atoms with van der Waals surface area (Å²) in [4.78, 5) is 11.4. The van der Waals surface area contributed by atoms with Gasteiger partial charge in [-0.15, -0.1) is 0 Å². The Morgan fingerprint density at radius 2 is 2.21 bits per heavy atom. The fourth-order valence-corrected chi connectivity index (χ4v) is 2.24. The SMILES string of the molecule is COC(=O)C1(O)CCCC(C(C)C)C1. The van der Waals surface area contributed by atoms with Crippen LogP contribution in [0.4, 0.5) is 0 Å². The van der Waals surface area contributed by atoms with E-state index < -0.39 is 11.6 Å². The highest BCUT2D eigenvalue weighted by Gasteiger charge is 2.42. The number of carbonyl (C=O) groups excluding carboxylic acids is 1. The number of hydrogen-bond acceptors (Lipinski definition) is 3. The molecule has 0 aliphatic heterocycles. The molecular weight excluding hydrogens is 180 g/mol. The van der Waals surface area contributed by atoms with Crippen molar-refractivity contribution in [3.05, 3.63) is 0 Å². The van der Waals surface area contributed by atoms with E-state index in [2.05, 4.69) is 18.6 Å². The van der Waals surface area contributed by atoms with Crippen molar-refractivity contribution in [1.29, 1.82) is 0 Å². The van der Waals surface area contributed by atoms with Crippen LogP contribution in [0, 0.1) is 11.8 Å². The first-order valence-corrected chi connectivity index (χ1v) is 5.30. The molecule has 1 saturated carbocycles. The normalized spacial score (nSPS) is 33.1. The highest BCUT2D eigenvalue weighted by Crippen LogP contribution is 2.36. The Bertz CT molecular complexity index is 213. The van der Waals surface area contributed by atoms with Gasteiger partial charge in [0, 0.05) is 0 Å². The predicted octanol–water partition coefficient (Wildman–Crippen LogP) is 1.74. The Morgan fingerprint density at radius 1 is 1.57 bits per heavy atom. The van der Waals surface area contributed by atoms with E-state index in [1.165, 1.54) is 7.11 Å². The average Bonchev–Trinajstić information content (AvgIpc) is 2.16. The minimum atomic E-state index is -1.22. The molecule has 0 aromatic heterocycles. The molecule has 0 bridgehead atoms. The quantitative estimate of drug-likeness (QED) is 0.691. The van der Waals surface area contributed by atoms with Gasteiger partial charge in [0.15, 0.2) is 5.60 Å². The van der Waals surface area contributed by atoms with E-state index >= 15 is 0 Å². The number of hydrogen-bond donors (Lipinski definition) is 1. The smallest absolute Gasteiger partial charge is 0.337 e. The Morgan fingerprint density at radius 3 is 2.71 bits per heavy atom. The van der Waals surface area contributed by atoms with Gasteiger partial charge in [-0.3, -0.25) is 0 Å². The van der Waals surface area contributed by atoms with Crippen molar-refractivity contribution in [2.24, 2.45) is 11.8 Å². The number of ether oxygens (including phenoxy) is 1. The summed E-state index contributed by atoms with van der Waals surface area (Å²) >= 11 is 0. The van der Waals surface area contributed by atoms with E-state index in [-0.39, 0.29) is 0 Å². The first-order chi connectivity index (χ1) is 6.49. The second-order valence-corrected chi connectivity index (χ2v) is 4.62. The third kappa shape index (κ3) is 2.27. The molecule has 1 aliphatic rings. The van der Waals surface area contributed by atoms with Crippen LogP contribution in [0.5, 0.6) is 0 Å². The molecule has 14 heavy (non-hydrogen) atoms. The van der Waals surface area contributed by atoms with Crippen LogP contribution in [0.3, 0.4) is 0 Å². The van der Waals surface area contributed by atoms with Crippen molar-refractivity contribution < 1.29 is 14.6 Å². The highest BCUT2D eigenvalue weighted by molar-refractivity contribution is 5.79. The molecule has 3 nitrogen and oxygen atoms in total. The second-order valence-electron chi connectivity index (χ2n) is 4.62. The maximum Gasteiger partial charge on any atom is 0.337 e. The molecule has 1 aliphatic carbocycles. The van der Waals surface area contributed by atoms with Gasteiger partial charge >= 0.3 is 5.97 Å². The first kappa shape index (κ1) is 11.5. The number of aliphatic hydroxyl groups is 1. The average molecular weight is 200 g/mol. The molecule has 0 aromatic carbocycles. The third-order valence-electron chi connectivity index (χ3n) is 3.27. The summed E-state index contributed by atoms with van der Waals surface area (Å²) in [5.74, 6) is 0.488. The van der Waals surface area contributed by atoms with Crippen LogP contribution in [-0.4, -0.2) is 23.8 Å². The molecule has 82 valence electrons. The molecule has 3 heteroatoms. The summed E-state index contributed by atoms with van der Waals surface area (Å²) in [6.07, 6.45) is 3.12. The van der Waals surface area contributed by atoms with Crippen LogP contribution in [0.15, 0.2) is 0 Å². The van der Waals surface area contributed by atoms with Gasteiger partial charge in [-0.2, -0.15) is 0 Å². The lowest BCUT2D eigenvalue weighted by Gasteiger charge is -2.36. The molecule has 1 fully saturated rings. The van der Waals surface area contributed by atoms with Gasteiger partial charge < -0.3 is 9.84 Å². The van der Waals surface area contributed by atoms with E-state index in [1.54, 1.807) is 0 Å². The summed E-state index contributed by atoms with van der Waals surface area (Å²) in [6.45, 7) is 4.27. The molecule has 0 amide bonds. The van der Waals surface area contributed by atoms with Crippen LogP contribution < -0.4 is 0 Å². The fourth-order valence-electron chi connectivity index (χ4n) is 2.24. The number of methoxy groups -OCH3 is 1. The molecule has 1 N–H and O–H groups in total. The summed E-state index contributed by atoms with van der Waals surface area (Å²) in [6, 6.07) is 0. The lowest BCUT2D eigenvalue weighted by Crippen LogP contribution is -2.44. The third-order valence-corrected chi connectivity index (χ3v) is 3.27. The van der Waals surface area contributed by atoms with Gasteiger partial charge in [-0.25, -0.2) is 4.79 Å². The summed E-state index contributed by atoms with van der Waals surface area (Å²) in [7, 11) is 1.33. The van der Waals surface area contributed by atoms with Gasteiger partial charge in [-0.1, -0.05) is 13.8 Å². The van der Waals surface area contributed by atoms with Crippen molar-refractivity contribution >= 4 is 5.97 Å². The van der Waals surface area contributed by atoms with Crippen LogP contribution in [0.2, 0.25) is 0 Å². The maximum atomic E-state index is 11.4. The molecule has 2 unspecified atom stereocenters. The number of esters is 1. The summed E-state index contributed by atoms with van der Waals surface area (Å²) in [5, 5.41) is 10.1. The maximum absolute atomic E-state index is 11.4. The Labute approximate surface area is 85.5 Å². The van der Waals surface area contributed by atoms with E-state index in [1.807, 2.05) is 0 Å². The van der Waals surface area contributed by atoms with Crippen molar-refractivity contribution in [2.45, 2.75) is 45.1 Å². The van der Waals surface area contributed by atoms with Crippen LogP contribution >= 0.6 is 0 Å². The zero-order chi connectivity index (χ0) is 10.8. The Hall–Kier alpha value is -0.570. The van der Waals surface area contributed by atoms with Crippen molar-refractivity contribution in [3.63, 3.8) is 0 Å². The lowest BCUT2D eigenvalue weighted by molar-refractivity contribution is -0.168. The zero-order valence-electron chi connectivity index (χ0n) is 9.25. The van der Waals surface area contributed by atoms with Crippen LogP contribution in [0.25, 0.3) is 0 Å². The van der Waals surface area contributed by atoms with Gasteiger partial charge in [0.05, 0.1) is 7.11 Å². The summed E-state index contributed by atoms with van der Waals surface area (Å²) < 4.78 is 4.63. The van der Waals surface area contributed by atoms with Crippen molar-refractivity contribution in [3.8, 4) is 0 Å². The van der Waals surface area contributed by atoms with E-state index in [9.17, 15) is 9.90 Å². The van der Waals surface area contributed by atoms with E-state index in [4.69, 9.17) is 0 Å². The van der Waals surface area contributed by atoms with Gasteiger partial charge in [-0.05, 0) is 37.5 Å². The number of rotatable bonds is 2. The van der Waals surface area contributed by atoms with Crippen molar-refractivity contribution in [1.82, 2.24) is 0 Å². The monoisotopic (exact) mass is 200 g/mol. The largest absolute Gasteiger partial charge is 0.467 e. The molecule has 0 spiro atoms. The molecule has 0 heterocycles. The van der Waals surface area contributed by atoms with Crippen molar-refractivity contribution in [2.75, 3.05) is 7.11 Å². The number of carbonyl (C=O) groups is 1. The first-order valence-electron chi connectivity index (χ1n) is 5.30. The second kappa shape index (κ2) is 4.30. The molecular formula is C11H20O3. The molecule has 2 atom stereocenters. The topological polar surface area (TPSA) is 46.5 Å². The molecule has 0 saturated heterocycles. The van der Waals surface area contributed by atoms with Crippen LogP contribution in [0.1, 0.15) is 39.5 Å². The molecule has 0 radical (unpaired) electrons. The minimum absolute atomic E-state index is 0.438. The molecule has 1 rings (SSSR count). The van der Waals surface area contributed by atoms with E-state index in [0.29, 0.717) is 24.7 Å². The lowest BCUT2D eigenvalue weighted by atomic mass is 9.73. The zero-order valence-corrected chi connectivity index (χ0v) is 9.25. The minimum Gasteiger partial charge on any atom is -0.467 e. The summed E-state index contributed by atoms with van der Waals surface area (Å²) in [5.41, 5.74) is -1.22. The fraction of sp³-hybridized carbons (Fsp3) is 0.909. The molecule has 0 aromatic rings. The Balaban J connectivity index is 2.67. The van der Waals surface area contributed by atoms with Gasteiger partial charge in [0.2, 0.25) is 0 Å². The highest BCUT2D eigenvalue weighted by atomic mass is 16.5.